The SMILES string of the molecule is CCOC(=O)N1CCN(c2cc(C)nc(Nc3ccccc3Cl)n2)CC1. The van der Waals surface area contributed by atoms with E-state index in [0.29, 0.717) is 43.8 Å². The van der Waals surface area contributed by atoms with Crippen molar-refractivity contribution in [3.8, 4) is 0 Å². The van der Waals surface area contributed by atoms with Crippen LogP contribution < -0.4 is 10.2 Å². The first kappa shape index (κ1) is 18.3. The molecule has 1 aliphatic rings. The molecule has 0 spiro atoms. The Morgan fingerprint density at radius 3 is 2.65 bits per heavy atom. The predicted molar refractivity (Wildman–Crippen MR) is 102 cm³/mol. The van der Waals surface area contributed by atoms with Gasteiger partial charge in [-0.2, -0.15) is 4.98 Å². The zero-order valence-electron chi connectivity index (χ0n) is 14.9. The minimum atomic E-state index is -0.257. The van der Waals surface area contributed by atoms with Crippen LogP contribution in [0.5, 0.6) is 0 Å². The molecule has 26 heavy (non-hydrogen) atoms. The number of hydrogen-bond acceptors (Lipinski definition) is 6. The molecule has 0 bridgehead atoms. The molecular formula is C18H22ClN5O2. The van der Waals surface area contributed by atoms with Crippen molar-refractivity contribution in [1.82, 2.24) is 14.9 Å². The van der Waals surface area contributed by atoms with Crippen LogP contribution in [0.4, 0.5) is 22.2 Å². The maximum absolute atomic E-state index is 11.8. The van der Waals surface area contributed by atoms with Gasteiger partial charge in [0.2, 0.25) is 5.95 Å². The molecule has 0 saturated carbocycles. The summed E-state index contributed by atoms with van der Waals surface area (Å²) in [7, 11) is 0. The third-order valence-electron chi connectivity index (χ3n) is 4.09. The van der Waals surface area contributed by atoms with Crippen LogP contribution in [-0.4, -0.2) is 53.7 Å². The molecule has 1 saturated heterocycles. The number of para-hydroxylation sites is 1. The number of aryl methyl sites for hydroxylation is 1. The molecule has 8 heteroatoms. The van der Waals surface area contributed by atoms with E-state index in [2.05, 4.69) is 20.2 Å². The van der Waals surface area contributed by atoms with Crippen LogP contribution in [0.25, 0.3) is 0 Å². The highest BCUT2D eigenvalue weighted by atomic mass is 35.5. The summed E-state index contributed by atoms with van der Waals surface area (Å²) in [6.07, 6.45) is -0.257. The molecule has 2 heterocycles. The molecule has 0 unspecified atom stereocenters. The van der Waals surface area contributed by atoms with Gasteiger partial charge < -0.3 is 19.9 Å². The number of carbonyl (C=O) groups excluding carboxylic acids is 1. The molecule has 7 nitrogen and oxygen atoms in total. The number of piperazine rings is 1. The van der Waals surface area contributed by atoms with E-state index >= 15 is 0 Å². The van der Waals surface area contributed by atoms with Gasteiger partial charge in [-0.15, -0.1) is 0 Å². The van der Waals surface area contributed by atoms with Crippen molar-refractivity contribution in [1.29, 1.82) is 0 Å². The topological polar surface area (TPSA) is 70.6 Å². The Morgan fingerprint density at radius 2 is 1.96 bits per heavy atom. The zero-order valence-corrected chi connectivity index (χ0v) is 15.7. The van der Waals surface area contributed by atoms with E-state index < -0.39 is 0 Å². The lowest BCUT2D eigenvalue weighted by Gasteiger charge is -2.34. The number of rotatable bonds is 4. The second-order valence-electron chi connectivity index (χ2n) is 5.97. The van der Waals surface area contributed by atoms with Crippen LogP contribution >= 0.6 is 11.6 Å². The minimum absolute atomic E-state index is 0.257. The lowest BCUT2D eigenvalue weighted by molar-refractivity contribution is 0.105. The quantitative estimate of drug-likeness (QED) is 0.882. The molecule has 1 amide bonds. The van der Waals surface area contributed by atoms with Gasteiger partial charge in [0.25, 0.3) is 0 Å². The fourth-order valence-corrected chi connectivity index (χ4v) is 2.97. The maximum atomic E-state index is 11.8. The Bertz CT molecular complexity index is 778. The molecule has 2 aromatic rings. The highest BCUT2D eigenvalue weighted by Crippen LogP contribution is 2.25. The van der Waals surface area contributed by atoms with Crippen LogP contribution in [0.3, 0.4) is 0 Å². The first-order chi connectivity index (χ1) is 12.6. The van der Waals surface area contributed by atoms with E-state index in [-0.39, 0.29) is 6.09 Å². The van der Waals surface area contributed by atoms with Crippen molar-refractivity contribution in [3.63, 3.8) is 0 Å². The standard InChI is InChI=1S/C18H22ClN5O2/c1-3-26-18(25)24-10-8-23(9-11-24)16-12-13(2)20-17(22-16)21-15-7-5-4-6-14(15)19/h4-7,12H,3,8-11H2,1-2H3,(H,20,21,22). The van der Waals surface area contributed by atoms with E-state index in [4.69, 9.17) is 16.3 Å². The summed E-state index contributed by atoms with van der Waals surface area (Å²) in [4.78, 5) is 24.7. The Morgan fingerprint density at radius 1 is 1.23 bits per heavy atom. The number of amides is 1. The van der Waals surface area contributed by atoms with Gasteiger partial charge in [0.05, 0.1) is 17.3 Å². The third kappa shape index (κ3) is 4.35. The predicted octanol–water partition coefficient (Wildman–Crippen LogP) is 3.46. The summed E-state index contributed by atoms with van der Waals surface area (Å²) in [5.74, 6) is 1.33. The second-order valence-corrected chi connectivity index (χ2v) is 6.38. The molecule has 1 aliphatic heterocycles. The zero-order chi connectivity index (χ0) is 18.5. The number of benzene rings is 1. The molecule has 3 rings (SSSR count). The average Bonchev–Trinajstić information content (AvgIpc) is 2.63. The summed E-state index contributed by atoms with van der Waals surface area (Å²) in [5.41, 5.74) is 1.62. The lowest BCUT2D eigenvalue weighted by atomic mass is 10.3. The summed E-state index contributed by atoms with van der Waals surface area (Å²) in [6.45, 7) is 6.73. The number of nitrogens with zero attached hydrogens (tertiary/aromatic N) is 4. The second kappa shape index (κ2) is 8.23. The number of hydrogen-bond donors (Lipinski definition) is 1. The number of anilines is 3. The Hall–Kier alpha value is -2.54. The molecule has 138 valence electrons. The van der Waals surface area contributed by atoms with Crippen LogP contribution in [0.15, 0.2) is 30.3 Å². The number of nitrogens with one attached hydrogen (secondary N) is 1. The van der Waals surface area contributed by atoms with Gasteiger partial charge in [0, 0.05) is 37.9 Å². The van der Waals surface area contributed by atoms with Gasteiger partial charge in [-0.3, -0.25) is 0 Å². The van der Waals surface area contributed by atoms with Crippen LogP contribution in [-0.2, 0) is 4.74 Å². The maximum Gasteiger partial charge on any atom is 0.409 e. The van der Waals surface area contributed by atoms with Crippen molar-refractivity contribution < 1.29 is 9.53 Å². The summed E-state index contributed by atoms with van der Waals surface area (Å²) < 4.78 is 5.06. The molecule has 1 N–H and O–H groups in total. The van der Waals surface area contributed by atoms with E-state index in [1.807, 2.05) is 44.2 Å². The number of ether oxygens (including phenoxy) is 1. The Balaban J connectivity index is 1.71. The van der Waals surface area contributed by atoms with Gasteiger partial charge in [-0.1, -0.05) is 23.7 Å². The van der Waals surface area contributed by atoms with Gasteiger partial charge in [-0.25, -0.2) is 9.78 Å². The summed E-state index contributed by atoms with van der Waals surface area (Å²) in [6, 6.07) is 9.41. The Kier molecular flexibility index (Phi) is 5.78. The number of carbonyl (C=O) groups is 1. The van der Waals surface area contributed by atoms with Gasteiger partial charge in [-0.05, 0) is 26.0 Å². The Labute approximate surface area is 157 Å². The molecular weight excluding hydrogens is 354 g/mol. The van der Waals surface area contributed by atoms with Crippen molar-refractivity contribution in [2.24, 2.45) is 0 Å². The van der Waals surface area contributed by atoms with Crippen LogP contribution in [0.2, 0.25) is 5.02 Å². The molecule has 1 aromatic carbocycles. The molecule has 0 aliphatic carbocycles. The van der Waals surface area contributed by atoms with E-state index in [1.165, 1.54) is 0 Å². The first-order valence-corrected chi connectivity index (χ1v) is 8.98. The fraction of sp³-hybridized carbons (Fsp3) is 0.389. The van der Waals surface area contributed by atoms with Gasteiger partial charge in [0.1, 0.15) is 5.82 Å². The molecule has 0 atom stereocenters. The lowest BCUT2D eigenvalue weighted by Crippen LogP contribution is -2.49. The van der Waals surface area contributed by atoms with Crippen LogP contribution in [0, 0.1) is 6.92 Å². The smallest absolute Gasteiger partial charge is 0.409 e. The average molecular weight is 376 g/mol. The van der Waals surface area contributed by atoms with Crippen LogP contribution in [0.1, 0.15) is 12.6 Å². The highest BCUT2D eigenvalue weighted by Gasteiger charge is 2.23. The van der Waals surface area contributed by atoms with Gasteiger partial charge in [0.15, 0.2) is 0 Å². The molecule has 0 radical (unpaired) electrons. The third-order valence-corrected chi connectivity index (χ3v) is 4.42. The summed E-state index contributed by atoms with van der Waals surface area (Å²) >= 11 is 6.20. The fourth-order valence-electron chi connectivity index (χ4n) is 2.79. The summed E-state index contributed by atoms with van der Waals surface area (Å²) in [5, 5.41) is 3.78. The van der Waals surface area contributed by atoms with E-state index in [0.717, 1.165) is 17.2 Å². The minimum Gasteiger partial charge on any atom is -0.450 e. The molecule has 1 aromatic heterocycles. The molecule has 1 fully saturated rings. The van der Waals surface area contributed by atoms with E-state index in [1.54, 1.807) is 4.90 Å². The monoisotopic (exact) mass is 375 g/mol. The van der Waals surface area contributed by atoms with E-state index in [9.17, 15) is 4.79 Å². The van der Waals surface area contributed by atoms with Gasteiger partial charge >= 0.3 is 6.09 Å². The largest absolute Gasteiger partial charge is 0.450 e. The number of aromatic nitrogens is 2. The first-order valence-electron chi connectivity index (χ1n) is 8.60. The van der Waals surface area contributed by atoms with Crippen molar-refractivity contribution in [3.05, 3.63) is 41.0 Å². The number of halogens is 1. The van der Waals surface area contributed by atoms with Crippen molar-refractivity contribution in [2.75, 3.05) is 43.0 Å². The van der Waals surface area contributed by atoms with Crippen molar-refractivity contribution >= 4 is 35.1 Å². The highest BCUT2D eigenvalue weighted by molar-refractivity contribution is 6.33. The van der Waals surface area contributed by atoms with Crippen molar-refractivity contribution in [2.45, 2.75) is 13.8 Å². The normalized spacial score (nSPS) is 14.3.